The molecule has 0 aliphatic heterocycles. The molecule has 0 aromatic rings. The number of aliphatic hydroxyl groups is 5. The number of phosphoric acid groups is 1. The van der Waals surface area contributed by atoms with Gasteiger partial charge in [0.05, 0.1) is 6.61 Å². The molecule has 8 atom stereocenters. The quantitative estimate of drug-likeness (QED) is 0.0153. The maximum Gasteiger partial charge on any atom is 0.472 e. The molecular formula is C47H77O13P. The van der Waals surface area contributed by atoms with Crippen LogP contribution in [-0.2, 0) is 32.7 Å². The van der Waals surface area contributed by atoms with E-state index >= 15 is 0 Å². The van der Waals surface area contributed by atoms with Gasteiger partial charge in [-0.3, -0.25) is 18.6 Å². The fourth-order valence-electron chi connectivity index (χ4n) is 6.11. The van der Waals surface area contributed by atoms with Crippen molar-refractivity contribution in [3.63, 3.8) is 0 Å². The number of phosphoric ester groups is 1. The van der Waals surface area contributed by atoms with Gasteiger partial charge in [0.2, 0.25) is 0 Å². The standard InChI is InChI=1S/C47H77O13P/c1-3-5-7-9-11-13-15-17-19-20-22-23-25-27-29-31-33-35-40(48)57-37-39(38-58-61(55,56)60-47-45(53)43(51)42(50)44(52)46(47)54)59-41(49)36-34-32-30-28-26-24-21-18-16-14-12-10-8-6-4-2/h6,8,11-14,17-19,21-23,26,28,39,42-47,50-54H,3-5,7,9-10,15-16,20,24-25,27,29-38H2,1-2H3,(H,55,56)/b8-6+,13-11+,14-12+,19-17+,21-18+,23-22+,28-26+/t39-,42?,43-,44?,45?,46?,47?/m0/s1. The van der Waals surface area contributed by atoms with E-state index < -0.39 is 75.7 Å². The van der Waals surface area contributed by atoms with Gasteiger partial charge in [0.25, 0.3) is 0 Å². The van der Waals surface area contributed by atoms with Gasteiger partial charge in [-0.1, -0.05) is 125 Å². The van der Waals surface area contributed by atoms with Crippen LogP contribution in [0, 0.1) is 0 Å². The monoisotopic (exact) mass is 881 g/mol. The first-order valence-corrected chi connectivity index (χ1v) is 23.9. The fourth-order valence-corrected chi connectivity index (χ4v) is 7.08. The molecule has 0 aromatic heterocycles. The van der Waals surface area contributed by atoms with E-state index in [1.807, 2.05) is 6.08 Å². The van der Waals surface area contributed by atoms with Crippen LogP contribution >= 0.6 is 7.82 Å². The average Bonchev–Trinajstić information content (AvgIpc) is 3.24. The predicted molar refractivity (Wildman–Crippen MR) is 239 cm³/mol. The maximum atomic E-state index is 12.8. The van der Waals surface area contributed by atoms with Crippen LogP contribution in [0.3, 0.4) is 0 Å². The van der Waals surface area contributed by atoms with Crippen LogP contribution in [0.1, 0.15) is 142 Å². The Bertz CT molecular complexity index is 1390. The Hall–Kier alpha value is -2.97. The third-order valence-electron chi connectivity index (χ3n) is 9.72. The third-order valence-corrected chi connectivity index (χ3v) is 10.7. The summed E-state index contributed by atoms with van der Waals surface area (Å²) in [6, 6.07) is 0. The molecule has 1 fully saturated rings. The lowest BCUT2D eigenvalue weighted by atomic mass is 9.85. The summed E-state index contributed by atoms with van der Waals surface area (Å²) >= 11 is 0. The number of carbonyl (C=O) groups excluding carboxylic acids is 2. The van der Waals surface area contributed by atoms with Crippen molar-refractivity contribution < 1.29 is 63.1 Å². The third kappa shape index (κ3) is 29.1. The van der Waals surface area contributed by atoms with E-state index in [2.05, 4.69) is 92.8 Å². The Morgan fingerprint density at radius 2 is 0.934 bits per heavy atom. The van der Waals surface area contributed by atoms with Crippen LogP contribution < -0.4 is 0 Å². The molecule has 0 heterocycles. The van der Waals surface area contributed by atoms with E-state index in [1.165, 1.54) is 19.3 Å². The van der Waals surface area contributed by atoms with Crippen molar-refractivity contribution in [1.82, 2.24) is 0 Å². The first-order chi connectivity index (χ1) is 29.4. The van der Waals surface area contributed by atoms with Crippen molar-refractivity contribution in [2.45, 2.75) is 185 Å². The smallest absolute Gasteiger partial charge is 0.462 e. The molecule has 1 rings (SSSR count). The van der Waals surface area contributed by atoms with Crippen LogP contribution in [0.4, 0.5) is 0 Å². The molecule has 61 heavy (non-hydrogen) atoms. The van der Waals surface area contributed by atoms with Gasteiger partial charge < -0.3 is 39.9 Å². The number of allylic oxidation sites excluding steroid dienone is 14. The number of unbranched alkanes of at least 4 members (excludes halogenated alkanes) is 9. The van der Waals surface area contributed by atoms with Crippen molar-refractivity contribution in [1.29, 1.82) is 0 Å². The first kappa shape index (κ1) is 56.0. The predicted octanol–water partition coefficient (Wildman–Crippen LogP) is 8.50. The number of aliphatic hydroxyl groups excluding tert-OH is 5. The van der Waals surface area contributed by atoms with Crippen molar-refractivity contribution in [2.24, 2.45) is 0 Å². The lowest BCUT2D eigenvalue weighted by Gasteiger charge is -2.41. The number of hydrogen-bond donors (Lipinski definition) is 6. The molecule has 0 amide bonds. The fraction of sp³-hybridized carbons (Fsp3) is 0.660. The van der Waals surface area contributed by atoms with Crippen LogP contribution in [0.5, 0.6) is 0 Å². The normalized spacial score (nSPS) is 22.8. The highest BCUT2D eigenvalue weighted by atomic mass is 31.2. The van der Waals surface area contributed by atoms with E-state index in [4.69, 9.17) is 18.5 Å². The molecular weight excluding hydrogens is 803 g/mol. The van der Waals surface area contributed by atoms with Crippen molar-refractivity contribution in [3.8, 4) is 0 Å². The maximum absolute atomic E-state index is 12.8. The van der Waals surface area contributed by atoms with Crippen LogP contribution in [0.2, 0.25) is 0 Å². The number of ether oxygens (including phenoxy) is 2. The van der Waals surface area contributed by atoms with Crippen LogP contribution in [0.25, 0.3) is 0 Å². The van der Waals surface area contributed by atoms with Gasteiger partial charge in [0, 0.05) is 12.8 Å². The molecule has 0 bridgehead atoms. The summed E-state index contributed by atoms with van der Waals surface area (Å²) in [5, 5.41) is 50.1. The molecule has 6 unspecified atom stereocenters. The molecule has 1 aliphatic carbocycles. The van der Waals surface area contributed by atoms with Gasteiger partial charge >= 0.3 is 19.8 Å². The molecule has 1 aliphatic rings. The lowest BCUT2D eigenvalue weighted by Crippen LogP contribution is -2.64. The molecule has 6 N–H and O–H groups in total. The summed E-state index contributed by atoms with van der Waals surface area (Å²) < 4.78 is 33.4. The van der Waals surface area contributed by atoms with Gasteiger partial charge in [0.1, 0.15) is 43.2 Å². The zero-order chi connectivity index (χ0) is 45.0. The van der Waals surface area contributed by atoms with Gasteiger partial charge in [-0.05, 0) is 89.9 Å². The van der Waals surface area contributed by atoms with Crippen molar-refractivity contribution in [3.05, 3.63) is 85.1 Å². The first-order valence-electron chi connectivity index (χ1n) is 22.4. The minimum Gasteiger partial charge on any atom is -0.462 e. The molecule has 14 heteroatoms. The molecule has 1 saturated carbocycles. The van der Waals surface area contributed by atoms with Gasteiger partial charge in [-0.15, -0.1) is 0 Å². The van der Waals surface area contributed by atoms with E-state index in [1.54, 1.807) is 0 Å². The Morgan fingerprint density at radius 1 is 0.525 bits per heavy atom. The van der Waals surface area contributed by atoms with Gasteiger partial charge in [-0.25, -0.2) is 4.57 Å². The summed E-state index contributed by atoms with van der Waals surface area (Å²) in [6.07, 6.45) is 33.5. The molecule has 0 aromatic carbocycles. The minimum atomic E-state index is -5.14. The summed E-state index contributed by atoms with van der Waals surface area (Å²) in [5.41, 5.74) is 0. The Kier molecular flexibility index (Phi) is 33.5. The SMILES string of the molecule is CC/C=C/C/C=C/C/C=C/C/C=C/CCCCC(=O)O[C@@H](COC(=O)CCCCCC/C=C/C/C=C/C/C=C/CCCCC)COP(=O)(O)OC1C(O)C(O)C(O)[C@H](O)C1O. The van der Waals surface area contributed by atoms with Crippen molar-refractivity contribution in [2.75, 3.05) is 13.2 Å². The summed E-state index contributed by atoms with van der Waals surface area (Å²) in [7, 11) is -5.14. The molecule has 0 radical (unpaired) electrons. The highest BCUT2D eigenvalue weighted by Crippen LogP contribution is 2.47. The van der Waals surface area contributed by atoms with E-state index in [9.17, 15) is 44.6 Å². The largest absolute Gasteiger partial charge is 0.472 e. The van der Waals surface area contributed by atoms with E-state index in [0.29, 0.717) is 19.3 Å². The molecule has 0 spiro atoms. The van der Waals surface area contributed by atoms with Crippen LogP contribution in [-0.4, -0.2) is 98.3 Å². The molecule has 0 saturated heterocycles. The Morgan fingerprint density at radius 3 is 1.44 bits per heavy atom. The Balaban J connectivity index is 2.53. The Labute approximate surface area is 365 Å². The highest BCUT2D eigenvalue weighted by molar-refractivity contribution is 7.47. The molecule has 13 nitrogen and oxygen atoms in total. The number of carbonyl (C=O) groups is 2. The summed E-state index contributed by atoms with van der Waals surface area (Å²) in [6.45, 7) is 3.08. The minimum absolute atomic E-state index is 0.0343. The number of hydrogen-bond acceptors (Lipinski definition) is 12. The second-order valence-electron chi connectivity index (χ2n) is 15.2. The lowest BCUT2D eigenvalue weighted by molar-refractivity contribution is -0.220. The molecule has 348 valence electrons. The second kappa shape index (κ2) is 36.5. The average molecular weight is 881 g/mol. The number of esters is 2. The van der Waals surface area contributed by atoms with E-state index in [-0.39, 0.29) is 12.8 Å². The topological polar surface area (TPSA) is 210 Å². The van der Waals surface area contributed by atoms with E-state index in [0.717, 1.165) is 77.0 Å². The zero-order valence-electron chi connectivity index (χ0n) is 36.7. The summed E-state index contributed by atoms with van der Waals surface area (Å²) in [5.74, 6) is -1.18. The second-order valence-corrected chi connectivity index (χ2v) is 16.6. The van der Waals surface area contributed by atoms with Crippen LogP contribution in [0.15, 0.2) is 85.1 Å². The zero-order valence-corrected chi connectivity index (χ0v) is 37.6. The highest BCUT2D eigenvalue weighted by Gasteiger charge is 2.51. The summed E-state index contributed by atoms with van der Waals surface area (Å²) in [4.78, 5) is 35.6. The number of rotatable bonds is 35. The van der Waals surface area contributed by atoms with Gasteiger partial charge in [0.15, 0.2) is 6.10 Å². The van der Waals surface area contributed by atoms with Gasteiger partial charge in [-0.2, -0.15) is 0 Å². The van der Waals surface area contributed by atoms with Crippen molar-refractivity contribution >= 4 is 19.8 Å².